The van der Waals surface area contributed by atoms with Crippen molar-refractivity contribution in [2.45, 2.75) is 25.7 Å². The number of para-hydroxylation sites is 2. The second-order valence-corrected chi connectivity index (χ2v) is 8.11. The third-order valence-corrected chi connectivity index (χ3v) is 5.83. The van der Waals surface area contributed by atoms with E-state index in [9.17, 15) is 9.59 Å². The number of thiazole rings is 1. The number of carbonyl (C=O) groups is 2. The lowest BCUT2D eigenvalue weighted by Crippen LogP contribution is -2.30. The average molecular weight is 421 g/mol. The summed E-state index contributed by atoms with van der Waals surface area (Å²) in [6, 6.07) is 16.9. The summed E-state index contributed by atoms with van der Waals surface area (Å²) in [5.41, 5.74) is 3.11. The molecule has 0 saturated carbocycles. The van der Waals surface area contributed by atoms with Gasteiger partial charge in [0.15, 0.2) is 5.13 Å². The third kappa shape index (κ3) is 5.04. The number of piperidine rings is 1. The Hall–Kier alpha value is -3.19. The Labute approximate surface area is 180 Å². The summed E-state index contributed by atoms with van der Waals surface area (Å²) in [7, 11) is 0. The van der Waals surface area contributed by atoms with E-state index >= 15 is 0 Å². The monoisotopic (exact) mass is 420 g/mol. The molecule has 2 aromatic carbocycles. The average Bonchev–Trinajstić information content (AvgIpc) is 3.21. The van der Waals surface area contributed by atoms with Crippen LogP contribution in [0.5, 0.6) is 0 Å². The summed E-state index contributed by atoms with van der Waals surface area (Å²) < 4.78 is 0. The molecular weight excluding hydrogens is 396 g/mol. The Morgan fingerprint density at radius 2 is 1.67 bits per heavy atom. The van der Waals surface area contributed by atoms with Gasteiger partial charge in [-0.05, 0) is 43.5 Å². The van der Waals surface area contributed by atoms with Crippen molar-refractivity contribution >= 4 is 39.7 Å². The van der Waals surface area contributed by atoms with Crippen LogP contribution in [0.25, 0.3) is 0 Å². The van der Waals surface area contributed by atoms with Crippen molar-refractivity contribution in [3.63, 3.8) is 0 Å². The number of anilines is 3. The van der Waals surface area contributed by atoms with Gasteiger partial charge in [0.05, 0.1) is 23.5 Å². The first-order valence-electron chi connectivity index (χ1n) is 10.1. The van der Waals surface area contributed by atoms with Crippen molar-refractivity contribution in [1.29, 1.82) is 0 Å². The molecule has 4 rings (SSSR count). The maximum atomic E-state index is 12.6. The molecule has 154 valence electrons. The zero-order valence-electron chi connectivity index (χ0n) is 16.6. The molecule has 1 fully saturated rings. The summed E-state index contributed by atoms with van der Waals surface area (Å²) in [5, 5.41) is 8.10. The maximum Gasteiger partial charge on any atom is 0.257 e. The van der Waals surface area contributed by atoms with E-state index < -0.39 is 0 Å². The van der Waals surface area contributed by atoms with E-state index in [-0.39, 0.29) is 18.2 Å². The molecule has 0 atom stereocenters. The molecule has 2 amide bonds. The van der Waals surface area contributed by atoms with Crippen LogP contribution in [0.1, 0.15) is 35.3 Å². The molecule has 0 unspecified atom stereocenters. The van der Waals surface area contributed by atoms with E-state index in [1.165, 1.54) is 30.6 Å². The number of rotatable bonds is 6. The van der Waals surface area contributed by atoms with E-state index in [2.05, 4.69) is 26.6 Å². The fraction of sp³-hybridized carbons (Fsp3) is 0.261. The van der Waals surface area contributed by atoms with Crippen LogP contribution in [0.15, 0.2) is 60.0 Å². The highest BCUT2D eigenvalue weighted by Crippen LogP contribution is 2.28. The van der Waals surface area contributed by atoms with Gasteiger partial charge in [-0.25, -0.2) is 4.98 Å². The molecule has 1 aliphatic rings. The molecular formula is C23H24N4O2S. The van der Waals surface area contributed by atoms with Crippen LogP contribution < -0.4 is 15.5 Å². The van der Waals surface area contributed by atoms with Crippen LogP contribution in [0.4, 0.5) is 16.5 Å². The van der Waals surface area contributed by atoms with Gasteiger partial charge in [0.1, 0.15) is 0 Å². The minimum Gasteiger partial charge on any atom is -0.370 e. The summed E-state index contributed by atoms with van der Waals surface area (Å²) >= 11 is 1.32. The number of nitrogens with zero attached hydrogens (tertiary/aromatic N) is 2. The third-order valence-electron chi connectivity index (χ3n) is 5.02. The molecule has 7 heteroatoms. The molecule has 6 nitrogen and oxygen atoms in total. The second kappa shape index (κ2) is 9.54. The predicted octanol–water partition coefficient (Wildman–Crippen LogP) is 4.57. The first-order chi connectivity index (χ1) is 14.7. The quantitative estimate of drug-likeness (QED) is 0.613. The summed E-state index contributed by atoms with van der Waals surface area (Å²) in [4.78, 5) is 31.6. The molecule has 3 aromatic rings. The predicted molar refractivity (Wildman–Crippen MR) is 121 cm³/mol. The van der Waals surface area contributed by atoms with Gasteiger partial charge < -0.3 is 10.2 Å². The number of benzene rings is 2. The first-order valence-corrected chi connectivity index (χ1v) is 11.0. The number of nitrogens with one attached hydrogen (secondary N) is 2. The van der Waals surface area contributed by atoms with Gasteiger partial charge in [-0.1, -0.05) is 30.3 Å². The second-order valence-electron chi connectivity index (χ2n) is 7.25. The van der Waals surface area contributed by atoms with Crippen LogP contribution in [0, 0.1) is 0 Å². The Morgan fingerprint density at radius 1 is 0.933 bits per heavy atom. The van der Waals surface area contributed by atoms with Crippen molar-refractivity contribution < 1.29 is 9.59 Å². The molecule has 1 saturated heterocycles. The number of aromatic nitrogens is 1. The molecule has 0 aliphatic carbocycles. The molecule has 1 aliphatic heterocycles. The van der Waals surface area contributed by atoms with Crippen molar-refractivity contribution in [3.05, 3.63) is 71.2 Å². The highest BCUT2D eigenvalue weighted by Gasteiger charge is 2.16. The summed E-state index contributed by atoms with van der Waals surface area (Å²) in [5.74, 6) is -0.331. The highest BCUT2D eigenvalue weighted by molar-refractivity contribution is 7.14. The van der Waals surface area contributed by atoms with E-state index in [1.54, 1.807) is 17.5 Å². The molecule has 0 radical (unpaired) electrons. The summed E-state index contributed by atoms with van der Waals surface area (Å²) in [6.45, 7) is 2.03. The fourth-order valence-corrected chi connectivity index (χ4v) is 4.26. The van der Waals surface area contributed by atoms with Crippen LogP contribution in [0.3, 0.4) is 0 Å². The van der Waals surface area contributed by atoms with Gasteiger partial charge in [0.2, 0.25) is 5.91 Å². The first kappa shape index (κ1) is 20.1. The van der Waals surface area contributed by atoms with E-state index in [0.717, 1.165) is 24.5 Å². The van der Waals surface area contributed by atoms with Gasteiger partial charge in [0.25, 0.3) is 5.91 Å². The Balaban J connectivity index is 1.37. The zero-order chi connectivity index (χ0) is 20.8. The van der Waals surface area contributed by atoms with Gasteiger partial charge in [-0.3, -0.25) is 14.9 Å². The van der Waals surface area contributed by atoms with Gasteiger partial charge in [-0.15, -0.1) is 11.3 Å². The molecule has 30 heavy (non-hydrogen) atoms. The number of hydrogen-bond donors (Lipinski definition) is 2. The molecule has 2 heterocycles. The van der Waals surface area contributed by atoms with E-state index in [4.69, 9.17) is 0 Å². The Bertz CT molecular complexity index is 1010. The normalized spacial score (nSPS) is 13.7. The SMILES string of the molecule is O=C(Cc1csc(NC(=O)c2ccccc2)n1)Nc1ccccc1N1CCCCC1. The molecule has 0 spiro atoms. The van der Waals surface area contributed by atoms with E-state index in [0.29, 0.717) is 16.4 Å². The highest BCUT2D eigenvalue weighted by atomic mass is 32.1. The number of hydrogen-bond acceptors (Lipinski definition) is 5. The Morgan fingerprint density at radius 3 is 2.47 bits per heavy atom. The summed E-state index contributed by atoms with van der Waals surface area (Å²) in [6.07, 6.45) is 3.78. The zero-order valence-corrected chi connectivity index (χ0v) is 17.5. The maximum absolute atomic E-state index is 12.6. The van der Waals surface area contributed by atoms with Crippen molar-refractivity contribution in [1.82, 2.24) is 4.98 Å². The standard InChI is InChI=1S/C23H24N4O2S/c28-21(25-19-11-5-6-12-20(19)27-13-7-2-8-14-27)15-18-16-30-23(24-18)26-22(29)17-9-3-1-4-10-17/h1,3-6,9-12,16H,2,7-8,13-15H2,(H,25,28)(H,24,26,29). The van der Waals surface area contributed by atoms with Crippen LogP contribution in [0.2, 0.25) is 0 Å². The van der Waals surface area contributed by atoms with Gasteiger partial charge >= 0.3 is 0 Å². The van der Waals surface area contributed by atoms with Crippen LogP contribution in [-0.4, -0.2) is 29.9 Å². The molecule has 0 bridgehead atoms. The topological polar surface area (TPSA) is 74.3 Å². The van der Waals surface area contributed by atoms with Gasteiger partial charge in [0, 0.05) is 24.0 Å². The van der Waals surface area contributed by atoms with Gasteiger partial charge in [-0.2, -0.15) is 0 Å². The largest absolute Gasteiger partial charge is 0.370 e. The minimum atomic E-state index is -0.212. The Kier molecular flexibility index (Phi) is 6.39. The lowest BCUT2D eigenvalue weighted by atomic mass is 10.1. The molecule has 2 N–H and O–H groups in total. The lowest BCUT2D eigenvalue weighted by Gasteiger charge is -2.30. The molecule has 1 aromatic heterocycles. The number of carbonyl (C=O) groups excluding carboxylic acids is 2. The smallest absolute Gasteiger partial charge is 0.257 e. The van der Waals surface area contributed by atoms with Crippen molar-refractivity contribution in [2.24, 2.45) is 0 Å². The van der Waals surface area contributed by atoms with Crippen molar-refractivity contribution in [2.75, 3.05) is 28.6 Å². The van der Waals surface area contributed by atoms with Crippen molar-refractivity contribution in [3.8, 4) is 0 Å². The fourth-order valence-electron chi connectivity index (χ4n) is 3.55. The van der Waals surface area contributed by atoms with Crippen LogP contribution in [-0.2, 0) is 11.2 Å². The van der Waals surface area contributed by atoms with E-state index in [1.807, 2.05) is 36.4 Å². The minimum absolute atomic E-state index is 0.120. The van der Waals surface area contributed by atoms with Crippen LogP contribution >= 0.6 is 11.3 Å². The lowest BCUT2D eigenvalue weighted by molar-refractivity contribution is -0.115. The number of amides is 2.